The summed E-state index contributed by atoms with van der Waals surface area (Å²) in [6.45, 7) is 7.04. The van der Waals surface area contributed by atoms with Crippen LogP contribution in [0.5, 0.6) is 0 Å². The summed E-state index contributed by atoms with van der Waals surface area (Å²) in [5.74, 6) is 1.07. The van der Waals surface area contributed by atoms with Gasteiger partial charge in [0.25, 0.3) is 5.91 Å². The van der Waals surface area contributed by atoms with E-state index in [1.807, 2.05) is 32.0 Å². The Balaban J connectivity index is 1.68. The number of unbranched alkanes of at least 4 members (excludes halogenated alkanes) is 1. The van der Waals surface area contributed by atoms with Crippen LogP contribution in [0.3, 0.4) is 0 Å². The lowest BCUT2D eigenvalue weighted by Crippen LogP contribution is -2.14. The minimum atomic E-state index is -0.166. The Kier molecular flexibility index (Phi) is 7.79. The molecule has 6 nitrogen and oxygen atoms in total. The van der Waals surface area contributed by atoms with E-state index < -0.39 is 0 Å². The number of anilines is 2. The van der Waals surface area contributed by atoms with Crippen LogP contribution < -0.4 is 10.6 Å². The Morgan fingerprint density at radius 1 is 1.07 bits per heavy atom. The van der Waals surface area contributed by atoms with Crippen molar-refractivity contribution in [1.29, 1.82) is 0 Å². The zero-order valence-corrected chi connectivity index (χ0v) is 18.4. The minimum absolute atomic E-state index is 0.166. The van der Waals surface area contributed by atoms with Crippen LogP contribution >= 0.6 is 11.8 Å². The van der Waals surface area contributed by atoms with Crippen molar-refractivity contribution in [2.45, 2.75) is 44.4 Å². The zero-order valence-electron chi connectivity index (χ0n) is 17.6. The highest BCUT2D eigenvalue weighted by Crippen LogP contribution is 2.25. The molecular weight excluding hydrogens is 394 g/mol. The zero-order chi connectivity index (χ0) is 21.3. The van der Waals surface area contributed by atoms with Gasteiger partial charge in [-0.1, -0.05) is 31.2 Å². The van der Waals surface area contributed by atoms with Gasteiger partial charge in [-0.3, -0.25) is 4.79 Å². The number of carbonyl (C=O) groups excluding carboxylic acids is 1. The van der Waals surface area contributed by atoms with E-state index in [9.17, 15) is 4.79 Å². The van der Waals surface area contributed by atoms with Crippen molar-refractivity contribution in [3.8, 4) is 0 Å². The molecule has 2 heterocycles. The predicted molar refractivity (Wildman–Crippen MR) is 123 cm³/mol. The van der Waals surface area contributed by atoms with Crippen molar-refractivity contribution in [1.82, 2.24) is 15.0 Å². The van der Waals surface area contributed by atoms with E-state index in [1.54, 1.807) is 24.5 Å². The third kappa shape index (κ3) is 6.29. The molecule has 0 aliphatic heterocycles. The normalized spacial score (nSPS) is 10.6. The van der Waals surface area contributed by atoms with Crippen LogP contribution in [-0.2, 0) is 5.75 Å². The van der Waals surface area contributed by atoms with Crippen LogP contribution in [0.1, 0.15) is 46.9 Å². The molecule has 2 aromatic heterocycles. The number of amides is 1. The highest BCUT2D eigenvalue weighted by atomic mass is 32.2. The van der Waals surface area contributed by atoms with Gasteiger partial charge in [0.2, 0.25) is 5.95 Å². The van der Waals surface area contributed by atoms with Crippen molar-refractivity contribution in [3.05, 3.63) is 71.2 Å². The number of carbonyl (C=O) groups is 1. The molecule has 0 unspecified atom stereocenters. The molecule has 0 aliphatic rings. The Morgan fingerprint density at radius 2 is 1.87 bits per heavy atom. The number of hydrogen-bond acceptors (Lipinski definition) is 6. The lowest BCUT2D eigenvalue weighted by Gasteiger charge is -2.10. The molecule has 0 radical (unpaired) electrons. The Hall–Kier alpha value is -2.93. The molecule has 1 amide bonds. The summed E-state index contributed by atoms with van der Waals surface area (Å²) in [5.41, 5.74) is 4.45. The number of thioether (sulfide) groups is 1. The van der Waals surface area contributed by atoms with Gasteiger partial charge in [0.15, 0.2) is 0 Å². The van der Waals surface area contributed by atoms with E-state index in [4.69, 9.17) is 0 Å². The summed E-state index contributed by atoms with van der Waals surface area (Å²) in [6.07, 6.45) is 5.65. The average Bonchev–Trinajstić information content (AvgIpc) is 2.72. The predicted octanol–water partition coefficient (Wildman–Crippen LogP) is 5.25. The second-order valence-corrected chi connectivity index (χ2v) is 8.09. The minimum Gasteiger partial charge on any atom is -0.354 e. The van der Waals surface area contributed by atoms with Crippen LogP contribution in [0.25, 0.3) is 0 Å². The second kappa shape index (κ2) is 10.7. The molecular formula is C23H27N5OS. The summed E-state index contributed by atoms with van der Waals surface area (Å²) < 4.78 is 0. The molecule has 0 saturated carbocycles. The van der Waals surface area contributed by atoms with E-state index in [-0.39, 0.29) is 5.91 Å². The SMILES string of the molecule is CCCCNc1nccc(CSc2ncccc2C(=O)Nc2cc(C)cc(C)c2)n1. The molecule has 1 aromatic carbocycles. The molecule has 156 valence electrons. The van der Waals surface area contributed by atoms with Gasteiger partial charge >= 0.3 is 0 Å². The molecule has 2 N–H and O–H groups in total. The summed E-state index contributed by atoms with van der Waals surface area (Å²) >= 11 is 1.49. The summed E-state index contributed by atoms with van der Waals surface area (Å²) in [5, 5.41) is 6.91. The van der Waals surface area contributed by atoms with E-state index >= 15 is 0 Å². The van der Waals surface area contributed by atoms with Crippen LogP contribution in [0.4, 0.5) is 11.6 Å². The van der Waals surface area contributed by atoms with Crippen molar-refractivity contribution < 1.29 is 4.79 Å². The number of hydrogen-bond donors (Lipinski definition) is 2. The van der Waals surface area contributed by atoms with Gasteiger partial charge in [-0.2, -0.15) is 0 Å². The molecule has 0 spiro atoms. The van der Waals surface area contributed by atoms with Gasteiger partial charge in [-0.25, -0.2) is 15.0 Å². The molecule has 0 fully saturated rings. The summed E-state index contributed by atoms with van der Waals surface area (Å²) in [6, 6.07) is 11.5. The third-order valence-electron chi connectivity index (χ3n) is 4.38. The fourth-order valence-corrected chi connectivity index (χ4v) is 3.90. The number of aryl methyl sites for hydroxylation is 2. The first kappa shape index (κ1) is 21.8. The smallest absolute Gasteiger partial charge is 0.258 e. The number of pyridine rings is 1. The molecule has 3 rings (SSSR count). The van der Waals surface area contributed by atoms with Crippen molar-refractivity contribution in [3.63, 3.8) is 0 Å². The molecule has 0 aliphatic carbocycles. The second-order valence-electron chi connectivity index (χ2n) is 7.13. The molecule has 0 saturated heterocycles. The first-order valence-corrected chi connectivity index (χ1v) is 11.1. The Labute approximate surface area is 182 Å². The Bertz CT molecular complexity index is 988. The maximum absolute atomic E-state index is 12.9. The van der Waals surface area contributed by atoms with Crippen LogP contribution in [0.2, 0.25) is 0 Å². The van der Waals surface area contributed by atoms with Gasteiger partial charge < -0.3 is 10.6 Å². The van der Waals surface area contributed by atoms with E-state index in [0.717, 1.165) is 41.9 Å². The number of nitrogens with zero attached hydrogens (tertiary/aromatic N) is 3. The number of aromatic nitrogens is 3. The van der Waals surface area contributed by atoms with E-state index in [1.165, 1.54) is 11.8 Å². The van der Waals surface area contributed by atoms with Gasteiger partial charge in [0, 0.05) is 30.4 Å². The molecule has 7 heteroatoms. The van der Waals surface area contributed by atoms with Crippen molar-refractivity contribution >= 4 is 29.3 Å². The topological polar surface area (TPSA) is 79.8 Å². The summed E-state index contributed by atoms with van der Waals surface area (Å²) in [7, 11) is 0. The van der Waals surface area contributed by atoms with Crippen LogP contribution in [-0.4, -0.2) is 27.4 Å². The van der Waals surface area contributed by atoms with Gasteiger partial charge in [0.05, 0.1) is 11.3 Å². The molecule has 0 bridgehead atoms. The van der Waals surface area contributed by atoms with Crippen LogP contribution in [0, 0.1) is 13.8 Å². The van der Waals surface area contributed by atoms with Crippen molar-refractivity contribution in [2.24, 2.45) is 0 Å². The third-order valence-corrected chi connectivity index (χ3v) is 5.42. The number of rotatable bonds is 9. The lowest BCUT2D eigenvalue weighted by atomic mass is 10.1. The molecule has 3 aromatic rings. The highest BCUT2D eigenvalue weighted by molar-refractivity contribution is 7.98. The first-order valence-electron chi connectivity index (χ1n) is 10.1. The Morgan fingerprint density at radius 3 is 2.63 bits per heavy atom. The standard InChI is InChI=1S/C23H27N5OS/c1-4-5-9-25-23-26-11-8-18(28-23)15-30-22-20(7-6-10-24-22)21(29)27-19-13-16(2)12-17(3)14-19/h6-8,10-14H,4-5,9,15H2,1-3H3,(H,27,29)(H,25,26,28). The van der Waals surface area contributed by atoms with Crippen molar-refractivity contribution in [2.75, 3.05) is 17.2 Å². The fraction of sp³-hybridized carbons (Fsp3) is 0.304. The van der Waals surface area contributed by atoms with Gasteiger partial charge in [0.1, 0.15) is 5.03 Å². The summed E-state index contributed by atoms with van der Waals surface area (Å²) in [4.78, 5) is 26.1. The van der Waals surface area contributed by atoms with E-state index in [2.05, 4.69) is 38.6 Å². The van der Waals surface area contributed by atoms with E-state index in [0.29, 0.717) is 22.3 Å². The maximum atomic E-state index is 12.9. The lowest BCUT2D eigenvalue weighted by molar-refractivity contribution is 0.102. The van der Waals surface area contributed by atoms with Crippen LogP contribution in [0.15, 0.2) is 53.8 Å². The molecule has 30 heavy (non-hydrogen) atoms. The van der Waals surface area contributed by atoms with Gasteiger partial charge in [-0.15, -0.1) is 0 Å². The maximum Gasteiger partial charge on any atom is 0.258 e. The fourth-order valence-electron chi connectivity index (χ4n) is 3.00. The monoisotopic (exact) mass is 421 g/mol. The first-order chi connectivity index (χ1) is 14.5. The average molecular weight is 422 g/mol. The number of nitrogens with one attached hydrogen (secondary N) is 2. The molecule has 0 atom stereocenters. The largest absolute Gasteiger partial charge is 0.354 e. The van der Waals surface area contributed by atoms with Gasteiger partial charge in [-0.05, 0) is 61.7 Å². The quantitative estimate of drug-likeness (QED) is 0.363. The number of benzene rings is 1. The highest BCUT2D eigenvalue weighted by Gasteiger charge is 2.14.